The number of carbonyl (C=O) groups excluding carboxylic acids is 1. The first-order chi connectivity index (χ1) is 9.26. The second-order valence-electron chi connectivity index (χ2n) is 5.38. The predicted molar refractivity (Wildman–Crippen MR) is 76.9 cm³/mol. The van der Waals surface area contributed by atoms with Gasteiger partial charge >= 0.3 is 6.09 Å². The first-order valence-electron chi connectivity index (χ1n) is 6.31. The van der Waals surface area contributed by atoms with E-state index < -0.39 is 17.7 Å². The van der Waals surface area contributed by atoms with Crippen LogP contribution in [0.3, 0.4) is 0 Å². The molecule has 1 atom stereocenters. The number of amides is 1. The molecule has 0 aliphatic carbocycles. The maximum Gasteiger partial charge on any atom is 0.412 e. The van der Waals surface area contributed by atoms with Gasteiger partial charge in [0.2, 0.25) is 0 Å². The molecule has 0 saturated carbocycles. The number of hydrogen-bond acceptors (Lipinski definition) is 5. The van der Waals surface area contributed by atoms with Crippen molar-refractivity contribution in [3.8, 4) is 5.75 Å². The molecule has 0 spiro atoms. The van der Waals surface area contributed by atoms with Crippen molar-refractivity contribution in [2.45, 2.75) is 32.4 Å². The molecule has 112 valence electrons. The van der Waals surface area contributed by atoms with Crippen LogP contribution in [0.2, 0.25) is 0 Å². The number of anilines is 1. The Balaban J connectivity index is 2.88. The molecular weight excluding hydrogens is 260 g/mol. The number of methoxy groups -OCH3 is 1. The molecular formula is C14H22N2O4. The Morgan fingerprint density at radius 1 is 1.45 bits per heavy atom. The molecule has 4 N–H and O–H groups in total. The molecule has 1 aromatic carbocycles. The summed E-state index contributed by atoms with van der Waals surface area (Å²) in [6.45, 7) is 5.19. The second kappa shape index (κ2) is 6.58. The number of benzene rings is 1. The quantitative estimate of drug-likeness (QED) is 0.785. The molecule has 0 saturated heterocycles. The lowest BCUT2D eigenvalue weighted by atomic mass is 10.1. The summed E-state index contributed by atoms with van der Waals surface area (Å²) in [5.41, 5.74) is 6.37. The molecule has 0 aromatic heterocycles. The van der Waals surface area contributed by atoms with Gasteiger partial charge in [-0.3, -0.25) is 5.32 Å². The molecule has 0 heterocycles. The zero-order valence-corrected chi connectivity index (χ0v) is 12.3. The van der Waals surface area contributed by atoms with Crippen LogP contribution in [0, 0.1) is 0 Å². The number of carbonyl (C=O) groups is 1. The van der Waals surface area contributed by atoms with E-state index in [-0.39, 0.29) is 6.61 Å². The molecule has 6 nitrogen and oxygen atoms in total. The molecule has 0 aliphatic heterocycles. The van der Waals surface area contributed by atoms with E-state index in [2.05, 4.69) is 5.32 Å². The highest BCUT2D eigenvalue weighted by Gasteiger charge is 2.18. The fraction of sp³-hybridized carbons (Fsp3) is 0.500. The zero-order valence-electron chi connectivity index (χ0n) is 12.3. The van der Waals surface area contributed by atoms with E-state index in [4.69, 9.17) is 20.3 Å². The van der Waals surface area contributed by atoms with Crippen LogP contribution < -0.4 is 15.8 Å². The lowest BCUT2D eigenvalue weighted by Gasteiger charge is -2.20. The van der Waals surface area contributed by atoms with E-state index in [0.717, 1.165) is 5.56 Å². The largest absolute Gasteiger partial charge is 0.495 e. The van der Waals surface area contributed by atoms with Crippen LogP contribution in [0.4, 0.5) is 10.5 Å². The second-order valence-corrected chi connectivity index (χ2v) is 5.38. The minimum atomic E-state index is -0.573. The van der Waals surface area contributed by atoms with Crippen molar-refractivity contribution in [1.29, 1.82) is 0 Å². The van der Waals surface area contributed by atoms with Gasteiger partial charge in [-0.05, 0) is 38.5 Å². The summed E-state index contributed by atoms with van der Waals surface area (Å²) >= 11 is 0. The average Bonchev–Trinajstić information content (AvgIpc) is 2.36. The molecule has 0 aliphatic rings. The van der Waals surface area contributed by atoms with Crippen LogP contribution in [0.25, 0.3) is 0 Å². The molecule has 20 heavy (non-hydrogen) atoms. The Morgan fingerprint density at radius 3 is 2.60 bits per heavy atom. The predicted octanol–water partition coefficient (Wildman–Crippen LogP) is 2.03. The van der Waals surface area contributed by atoms with Gasteiger partial charge in [-0.1, -0.05) is 6.07 Å². The van der Waals surface area contributed by atoms with Gasteiger partial charge < -0.3 is 20.3 Å². The van der Waals surface area contributed by atoms with Crippen LogP contribution in [0.5, 0.6) is 5.75 Å². The summed E-state index contributed by atoms with van der Waals surface area (Å²) in [5, 5.41) is 11.7. The number of nitrogens with one attached hydrogen (secondary N) is 1. The van der Waals surface area contributed by atoms with Gasteiger partial charge in [-0.2, -0.15) is 0 Å². The Bertz CT molecular complexity index is 469. The summed E-state index contributed by atoms with van der Waals surface area (Å²) in [5.74, 6) is 0.456. The number of rotatable bonds is 4. The topological polar surface area (TPSA) is 93.8 Å². The van der Waals surface area contributed by atoms with E-state index in [1.165, 1.54) is 7.11 Å². The minimum Gasteiger partial charge on any atom is -0.495 e. The Kier molecular flexibility index (Phi) is 5.35. The first kappa shape index (κ1) is 16.3. The fourth-order valence-corrected chi connectivity index (χ4v) is 1.56. The minimum absolute atomic E-state index is 0.165. The lowest BCUT2D eigenvalue weighted by Crippen LogP contribution is -2.27. The van der Waals surface area contributed by atoms with Crippen LogP contribution in [-0.4, -0.2) is 30.5 Å². The van der Waals surface area contributed by atoms with Crippen LogP contribution in [-0.2, 0) is 4.74 Å². The molecule has 0 radical (unpaired) electrons. The Hall–Kier alpha value is -1.79. The summed E-state index contributed by atoms with van der Waals surface area (Å²) < 4.78 is 10.4. The van der Waals surface area contributed by atoms with Gasteiger partial charge in [0.15, 0.2) is 0 Å². The molecule has 6 heteroatoms. The van der Waals surface area contributed by atoms with Gasteiger partial charge in [-0.15, -0.1) is 0 Å². The highest BCUT2D eigenvalue weighted by atomic mass is 16.6. The van der Waals surface area contributed by atoms with Gasteiger partial charge in [0.05, 0.1) is 25.4 Å². The maximum absolute atomic E-state index is 11.7. The molecule has 0 unspecified atom stereocenters. The molecule has 1 rings (SSSR count). The van der Waals surface area contributed by atoms with Gasteiger partial charge in [0, 0.05) is 0 Å². The smallest absolute Gasteiger partial charge is 0.412 e. The SMILES string of the molecule is COc1cc([C@H](N)CO)ccc1NC(=O)OC(C)(C)C. The number of ether oxygens (including phenoxy) is 2. The van der Waals surface area contributed by atoms with Crippen molar-refractivity contribution in [2.24, 2.45) is 5.73 Å². The average molecular weight is 282 g/mol. The highest BCUT2D eigenvalue weighted by Crippen LogP contribution is 2.28. The third kappa shape index (κ3) is 4.71. The van der Waals surface area contributed by atoms with Crippen molar-refractivity contribution >= 4 is 11.8 Å². The molecule has 0 fully saturated rings. The fourth-order valence-electron chi connectivity index (χ4n) is 1.56. The Morgan fingerprint density at radius 2 is 2.10 bits per heavy atom. The molecule has 1 aromatic rings. The maximum atomic E-state index is 11.7. The van der Waals surface area contributed by atoms with E-state index in [1.54, 1.807) is 39.0 Å². The van der Waals surface area contributed by atoms with Crippen LogP contribution in [0.15, 0.2) is 18.2 Å². The first-order valence-corrected chi connectivity index (χ1v) is 6.31. The molecule has 0 bridgehead atoms. The van der Waals surface area contributed by atoms with Crippen LogP contribution >= 0.6 is 0 Å². The summed E-state index contributed by atoms with van der Waals surface area (Å²) in [6, 6.07) is 4.57. The monoisotopic (exact) mass is 282 g/mol. The van der Waals surface area contributed by atoms with E-state index in [9.17, 15) is 4.79 Å². The number of hydrogen-bond donors (Lipinski definition) is 3. The van der Waals surface area contributed by atoms with Crippen molar-refractivity contribution in [2.75, 3.05) is 19.0 Å². The lowest BCUT2D eigenvalue weighted by molar-refractivity contribution is 0.0635. The summed E-state index contributed by atoms with van der Waals surface area (Å²) in [7, 11) is 1.49. The van der Waals surface area contributed by atoms with Gasteiger partial charge in [0.25, 0.3) is 0 Å². The normalized spacial score (nSPS) is 12.7. The van der Waals surface area contributed by atoms with Crippen molar-refractivity contribution in [1.82, 2.24) is 0 Å². The van der Waals surface area contributed by atoms with Crippen molar-refractivity contribution in [3.63, 3.8) is 0 Å². The van der Waals surface area contributed by atoms with Gasteiger partial charge in [0.1, 0.15) is 11.4 Å². The standard InChI is InChI=1S/C14H22N2O4/c1-14(2,3)20-13(18)16-11-6-5-9(10(15)8-17)7-12(11)19-4/h5-7,10,17H,8,15H2,1-4H3,(H,16,18)/t10-/m1/s1. The van der Waals surface area contributed by atoms with Crippen molar-refractivity contribution in [3.05, 3.63) is 23.8 Å². The summed E-state index contributed by atoms with van der Waals surface area (Å²) in [6.07, 6.45) is -0.560. The summed E-state index contributed by atoms with van der Waals surface area (Å²) in [4.78, 5) is 11.7. The zero-order chi connectivity index (χ0) is 15.3. The van der Waals surface area contributed by atoms with Crippen LogP contribution in [0.1, 0.15) is 32.4 Å². The Labute approximate surface area is 118 Å². The third-order valence-electron chi connectivity index (χ3n) is 2.49. The van der Waals surface area contributed by atoms with Gasteiger partial charge in [-0.25, -0.2) is 4.79 Å². The van der Waals surface area contributed by atoms with Crippen molar-refractivity contribution < 1.29 is 19.4 Å². The van der Waals surface area contributed by atoms with E-state index >= 15 is 0 Å². The number of aliphatic hydroxyl groups is 1. The number of nitrogens with two attached hydrogens (primary N) is 1. The van der Waals surface area contributed by atoms with E-state index in [0.29, 0.717) is 11.4 Å². The molecule has 1 amide bonds. The number of aliphatic hydroxyl groups excluding tert-OH is 1. The third-order valence-corrected chi connectivity index (χ3v) is 2.49. The highest BCUT2D eigenvalue weighted by molar-refractivity contribution is 5.87. The van der Waals surface area contributed by atoms with E-state index in [1.807, 2.05) is 0 Å².